The zero-order chi connectivity index (χ0) is 11.4. The summed E-state index contributed by atoms with van der Waals surface area (Å²) in [5.74, 6) is 0.831. The second-order valence-corrected chi connectivity index (χ2v) is 3.38. The first-order valence-corrected chi connectivity index (χ1v) is 5.12. The molecule has 0 spiro atoms. The highest BCUT2D eigenvalue weighted by Crippen LogP contribution is 2.26. The number of methoxy groups -OCH3 is 1. The number of ether oxygens (including phenoxy) is 1. The minimum atomic E-state index is 0.831. The first kappa shape index (κ1) is 10.5. The van der Waals surface area contributed by atoms with Crippen molar-refractivity contribution in [1.29, 1.82) is 0 Å². The summed E-state index contributed by atoms with van der Waals surface area (Å²) in [6, 6.07) is 12.2. The molecule has 82 valence electrons. The van der Waals surface area contributed by atoms with Gasteiger partial charge in [-0.05, 0) is 16.8 Å². The molecule has 0 unspecified atom stereocenters. The van der Waals surface area contributed by atoms with Crippen LogP contribution in [-0.4, -0.2) is 20.4 Å². The van der Waals surface area contributed by atoms with Gasteiger partial charge in [0.1, 0.15) is 5.75 Å². The van der Waals surface area contributed by atoms with E-state index in [1.54, 1.807) is 20.4 Å². The van der Waals surface area contributed by atoms with E-state index in [1.165, 1.54) is 5.39 Å². The molecule has 2 rings (SSSR count). The number of nitrogens with zero attached hydrogens (tertiary/aromatic N) is 1. The van der Waals surface area contributed by atoms with Gasteiger partial charge in [-0.2, -0.15) is 5.10 Å². The Morgan fingerprint density at radius 2 is 2.00 bits per heavy atom. The predicted molar refractivity (Wildman–Crippen MR) is 67.2 cm³/mol. The molecule has 0 saturated heterocycles. The molecule has 16 heavy (non-hydrogen) atoms. The SMILES string of the molecule is CN/N=C/c1c(OC)ccc2ccccc12. The van der Waals surface area contributed by atoms with Crippen molar-refractivity contribution in [2.75, 3.05) is 14.2 Å². The van der Waals surface area contributed by atoms with Gasteiger partial charge >= 0.3 is 0 Å². The molecule has 0 radical (unpaired) electrons. The Morgan fingerprint density at radius 3 is 2.75 bits per heavy atom. The van der Waals surface area contributed by atoms with E-state index in [1.807, 2.05) is 24.3 Å². The summed E-state index contributed by atoms with van der Waals surface area (Å²) in [5, 5.41) is 6.37. The largest absolute Gasteiger partial charge is 0.496 e. The average molecular weight is 214 g/mol. The van der Waals surface area contributed by atoms with Crippen LogP contribution in [0.5, 0.6) is 5.75 Å². The molecule has 3 heteroatoms. The fourth-order valence-corrected chi connectivity index (χ4v) is 1.72. The number of hydrogen-bond donors (Lipinski definition) is 1. The summed E-state index contributed by atoms with van der Waals surface area (Å²) >= 11 is 0. The minimum Gasteiger partial charge on any atom is -0.496 e. The lowest BCUT2D eigenvalue weighted by Crippen LogP contribution is -1.97. The van der Waals surface area contributed by atoms with Crippen molar-refractivity contribution in [3.05, 3.63) is 42.0 Å². The average Bonchev–Trinajstić information content (AvgIpc) is 2.35. The Kier molecular flexibility index (Phi) is 3.05. The Hall–Kier alpha value is -2.03. The minimum absolute atomic E-state index is 0.831. The molecule has 2 aromatic rings. The number of hydrogen-bond acceptors (Lipinski definition) is 3. The second kappa shape index (κ2) is 4.66. The number of rotatable bonds is 3. The lowest BCUT2D eigenvalue weighted by atomic mass is 10.0. The Bertz CT molecular complexity index is 520. The van der Waals surface area contributed by atoms with Crippen LogP contribution in [-0.2, 0) is 0 Å². The van der Waals surface area contributed by atoms with E-state index in [0.717, 1.165) is 16.7 Å². The zero-order valence-electron chi connectivity index (χ0n) is 9.40. The standard InChI is InChI=1S/C13H14N2O/c1-14-15-9-12-11-6-4-3-5-10(11)7-8-13(12)16-2/h3-9,14H,1-2H3/b15-9+. The van der Waals surface area contributed by atoms with Crippen LogP contribution in [0.25, 0.3) is 10.8 Å². The molecule has 0 aliphatic rings. The monoisotopic (exact) mass is 214 g/mol. The van der Waals surface area contributed by atoms with E-state index in [4.69, 9.17) is 4.74 Å². The molecule has 0 bridgehead atoms. The molecule has 1 N–H and O–H groups in total. The van der Waals surface area contributed by atoms with Crippen LogP contribution in [0.2, 0.25) is 0 Å². The van der Waals surface area contributed by atoms with Gasteiger partial charge in [0.05, 0.1) is 13.3 Å². The van der Waals surface area contributed by atoms with Gasteiger partial charge in [0.15, 0.2) is 0 Å². The molecular formula is C13H14N2O. The van der Waals surface area contributed by atoms with Crippen LogP contribution in [0.4, 0.5) is 0 Å². The first-order valence-electron chi connectivity index (χ1n) is 5.12. The fourth-order valence-electron chi connectivity index (χ4n) is 1.72. The zero-order valence-corrected chi connectivity index (χ0v) is 9.40. The first-order chi connectivity index (χ1) is 7.86. The van der Waals surface area contributed by atoms with Crippen molar-refractivity contribution in [3.63, 3.8) is 0 Å². The summed E-state index contributed by atoms with van der Waals surface area (Å²) in [6.07, 6.45) is 1.78. The van der Waals surface area contributed by atoms with Crippen LogP contribution < -0.4 is 10.2 Å². The maximum absolute atomic E-state index is 5.33. The predicted octanol–water partition coefficient (Wildman–Crippen LogP) is 2.40. The maximum Gasteiger partial charge on any atom is 0.128 e. The van der Waals surface area contributed by atoms with Crippen LogP contribution in [0, 0.1) is 0 Å². The van der Waals surface area contributed by atoms with E-state index in [2.05, 4.69) is 22.7 Å². The lowest BCUT2D eigenvalue weighted by Gasteiger charge is -2.07. The summed E-state index contributed by atoms with van der Waals surface area (Å²) in [4.78, 5) is 0. The van der Waals surface area contributed by atoms with Gasteiger partial charge in [-0.3, -0.25) is 0 Å². The Labute approximate surface area is 94.7 Å². The van der Waals surface area contributed by atoms with Crippen molar-refractivity contribution in [1.82, 2.24) is 5.43 Å². The lowest BCUT2D eigenvalue weighted by molar-refractivity contribution is 0.415. The van der Waals surface area contributed by atoms with Crippen LogP contribution in [0.1, 0.15) is 5.56 Å². The maximum atomic E-state index is 5.33. The van der Waals surface area contributed by atoms with Gasteiger partial charge in [0.25, 0.3) is 0 Å². The van der Waals surface area contributed by atoms with E-state index in [9.17, 15) is 0 Å². The molecule has 0 amide bonds. The smallest absolute Gasteiger partial charge is 0.128 e. The van der Waals surface area contributed by atoms with Crippen LogP contribution in [0.3, 0.4) is 0 Å². The molecule has 0 aliphatic carbocycles. The summed E-state index contributed by atoms with van der Waals surface area (Å²) in [5.41, 5.74) is 3.74. The highest BCUT2D eigenvalue weighted by Gasteiger charge is 2.05. The van der Waals surface area contributed by atoms with Gasteiger partial charge in [-0.1, -0.05) is 30.3 Å². The van der Waals surface area contributed by atoms with Gasteiger partial charge in [-0.15, -0.1) is 0 Å². The Morgan fingerprint density at radius 1 is 1.19 bits per heavy atom. The molecule has 0 atom stereocenters. The van der Waals surface area contributed by atoms with E-state index >= 15 is 0 Å². The molecule has 0 saturated carbocycles. The normalized spacial score (nSPS) is 10.9. The van der Waals surface area contributed by atoms with Crippen LogP contribution in [0.15, 0.2) is 41.5 Å². The molecule has 2 aromatic carbocycles. The van der Waals surface area contributed by atoms with E-state index < -0.39 is 0 Å². The topological polar surface area (TPSA) is 33.6 Å². The van der Waals surface area contributed by atoms with Crippen LogP contribution >= 0.6 is 0 Å². The molecule has 0 fully saturated rings. The fraction of sp³-hybridized carbons (Fsp3) is 0.154. The van der Waals surface area contributed by atoms with E-state index in [0.29, 0.717) is 0 Å². The van der Waals surface area contributed by atoms with Crippen molar-refractivity contribution >= 4 is 17.0 Å². The van der Waals surface area contributed by atoms with Gasteiger partial charge in [0, 0.05) is 12.6 Å². The number of nitrogens with one attached hydrogen (secondary N) is 1. The molecule has 3 nitrogen and oxygen atoms in total. The highest BCUT2D eigenvalue weighted by molar-refractivity contribution is 6.02. The van der Waals surface area contributed by atoms with Crippen molar-refractivity contribution in [2.45, 2.75) is 0 Å². The molecule has 0 heterocycles. The molecular weight excluding hydrogens is 200 g/mol. The van der Waals surface area contributed by atoms with Crippen molar-refractivity contribution in [3.8, 4) is 5.75 Å². The van der Waals surface area contributed by atoms with Gasteiger partial charge < -0.3 is 10.2 Å². The van der Waals surface area contributed by atoms with Crippen molar-refractivity contribution < 1.29 is 4.74 Å². The summed E-state index contributed by atoms with van der Waals surface area (Å²) in [7, 11) is 3.44. The summed E-state index contributed by atoms with van der Waals surface area (Å²) < 4.78 is 5.33. The van der Waals surface area contributed by atoms with Gasteiger partial charge in [0.2, 0.25) is 0 Å². The number of benzene rings is 2. The second-order valence-electron chi connectivity index (χ2n) is 3.38. The van der Waals surface area contributed by atoms with Gasteiger partial charge in [-0.25, -0.2) is 0 Å². The molecule has 0 aliphatic heterocycles. The van der Waals surface area contributed by atoms with E-state index in [-0.39, 0.29) is 0 Å². The molecule has 0 aromatic heterocycles. The summed E-state index contributed by atoms with van der Waals surface area (Å²) in [6.45, 7) is 0. The third-order valence-corrected chi connectivity index (χ3v) is 2.47. The quantitative estimate of drug-likeness (QED) is 0.628. The third kappa shape index (κ3) is 1.84. The van der Waals surface area contributed by atoms with Crippen molar-refractivity contribution in [2.24, 2.45) is 5.10 Å². The highest BCUT2D eigenvalue weighted by atomic mass is 16.5. The Balaban J connectivity index is 2.68. The number of hydrazone groups is 1. The number of fused-ring (bicyclic) bond motifs is 1. The third-order valence-electron chi connectivity index (χ3n) is 2.47.